The van der Waals surface area contributed by atoms with Gasteiger partial charge in [0.25, 0.3) is 5.91 Å². The number of furan rings is 1. The molecule has 2 aromatic heterocycles. The maximum absolute atomic E-state index is 13.2. The first kappa shape index (κ1) is 23.3. The molecule has 170 valence electrons. The third kappa shape index (κ3) is 6.58. The number of amides is 2. The number of ether oxygens (including phenoxy) is 1. The largest absolute Gasteiger partial charge is 0.497 e. The average Bonchev–Trinajstić information content (AvgIpc) is 3.49. The molecule has 0 spiro atoms. The number of hydrogen-bond donors (Lipinski definition) is 2. The van der Waals surface area contributed by atoms with Gasteiger partial charge in [0.1, 0.15) is 17.2 Å². The van der Waals surface area contributed by atoms with Crippen molar-refractivity contribution in [2.75, 3.05) is 19.0 Å². The van der Waals surface area contributed by atoms with Crippen molar-refractivity contribution < 1.29 is 18.7 Å². The van der Waals surface area contributed by atoms with E-state index in [0.717, 1.165) is 17.9 Å². The predicted molar refractivity (Wildman–Crippen MR) is 124 cm³/mol. The Bertz CT molecular complexity index is 1000. The van der Waals surface area contributed by atoms with E-state index in [1.165, 1.54) is 11.3 Å². The van der Waals surface area contributed by atoms with Crippen molar-refractivity contribution in [1.82, 2.24) is 15.2 Å². The Labute approximate surface area is 191 Å². The lowest BCUT2D eigenvalue weighted by atomic mass is 10.2. The Morgan fingerprint density at radius 1 is 1.25 bits per heavy atom. The molecular weight excluding hydrogens is 428 g/mol. The van der Waals surface area contributed by atoms with Crippen molar-refractivity contribution in [3.8, 4) is 5.75 Å². The fraction of sp³-hybridized carbons (Fsp3) is 0.348. The van der Waals surface area contributed by atoms with Crippen molar-refractivity contribution in [3.63, 3.8) is 0 Å². The lowest BCUT2D eigenvalue weighted by molar-refractivity contribution is -0.121. The summed E-state index contributed by atoms with van der Waals surface area (Å²) in [5.41, 5.74) is 1.16. The van der Waals surface area contributed by atoms with Crippen LogP contribution in [0.15, 0.2) is 52.5 Å². The van der Waals surface area contributed by atoms with Gasteiger partial charge >= 0.3 is 0 Å². The van der Waals surface area contributed by atoms with E-state index < -0.39 is 0 Å². The number of rotatable bonds is 11. The summed E-state index contributed by atoms with van der Waals surface area (Å²) in [6, 6.07) is 11.1. The molecule has 0 radical (unpaired) electrons. The zero-order valence-electron chi connectivity index (χ0n) is 18.5. The second-order valence-electron chi connectivity index (χ2n) is 7.32. The van der Waals surface area contributed by atoms with Crippen molar-refractivity contribution in [2.24, 2.45) is 0 Å². The summed E-state index contributed by atoms with van der Waals surface area (Å²) in [6.07, 6.45) is 2.62. The third-order valence-corrected chi connectivity index (χ3v) is 5.66. The monoisotopic (exact) mass is 456 g/mol. The minimum absolute atomic E-state index is 0.0864. The highest BCUT2D eigenvalue weighted by atomic mass is 32.1. The van der Waals surface area contributed by atoms with Crippen LogP contribution in [-0.4, -0.2) is 41.4 Å². The maximum atomic E-state index is 13.2. The molecule has 0 saturated heterocycles. The molecule has 1 atom stereocenters. The Morgan fingerprint density at radius 3 is 2.69 bits per heavy atom. The molecule has 1 unspecified atom stereocenters. The lowest BCUT2D eigenvalue weighted by Crippen LogP contribution is -2.37. The number of benzene rings is 1. The number of nitrogens with one attached hydrogen (secondary N) is 2. The number of anilines is 2. The van der Waals surface area contributed by atoms with Gasteiger partial charge in [-0.2, -0.15) is 0 Å². The van der Waals surface area contributed by atoms with Crippen molar-refractivity contribution in [3.05, 3.63) is 59.5 Å². The van der Waals surface area contributed by atoms with E-state index in [0.29, 0.717) is 16.6 Å². The molecule has 0 fully saturated rings. The molecule has 2 N–H and O–H groups in total. The van der Waals surface area contributed by atoms with Crippen molar-refractivity contribution in [1.29, 1.82) is 0 Å². The molecular formula is C23H28N4O4S. The number of methoxy groups -OCH3 is 1. The van der Waals surface area contributed by atoms with Crippen molar-refractivity contribution in [2.45, 2.75) is 39.3 Å². The number of hydrogen-bond acceptors (Lipinski definition) is 7. The molecule has 9 heteroatoms. The number of carbonyl (C=O) groups is 2. The smallest absolute Gasteiger partial charge is 0.273 e. The summed E-state index contributed by atoms with van der Waals surface area (Å²) in [6.45, 7) is 4.50. The van der Waals surface area contributed by atoms with Crippen LogP contribution in [-0.2, 0) is 11.3 Å². The van der Waals surface area contributed by atoms with Crippen LogP contribution < -0.4 is 15.4 Å². The topological polar surface area (TPSA) is 96.7 Å². The van der Waals surface area contributed by atoms with Gasteiger partial charge in [0, 0.05) is 30.1 Å². The summed E-state index contributed by atoms with van der Waals surface area (Å²) < 4.78 is 10.6. The van der Waals surface area contributed by atoms with Crippen LogP contribution in [0.3, 0.4) is 0 Å². The standard InChI is InChI=1S/C23H28N4O4S/c1-4-16(2)24-21(28)11-12-27(14-19-6-5-13-31-19)22(29)20-15-32-23(26-20)25-17-7-9-18(30-3)10-8-17/h5-10,13,15-16H,4,11-12,14H2,1-3H3,(H,24,28)(H,25,26). The van der Waals surface area contributed by atoms with E-state index in [4.69, 9.17) is 9.15 Å². The Hall–Kier alpha value is -3.33. The summed E-state index contributed by atoms with van der Waals surface area (Å²) in [7, 11) is 1.61. The molecule has 0 saturated carbocycles. The maximum Gasteiger partial charge on any atom is 0.273 e. The van der Waals surface area contributed by atoms with Crippen LogP contribution in [0, 0.1) is 0 Å². The molecule has 2 heterocycles. The van der Waals surface area contributed by atoms with Gasteiger partial charge in [0.15, 0.2) is 5.13 Å². The highest BCUT2D eigenvalue weighted by Gasteiger charge is 2.21. The van der Waals surface area contributed by atoms with E-state index in [-0.39, 0.29) is 37.4 Å². The fourth-order valence-corrected chi connectivity index (χ4v) is 3.62. The quantitative estimate of drug-likeness (QED) is 0.443. The Balaban J connectivity index is 1.67. The lowest BCUT2D eigenvalue weighted by Gasteiger charge is -2.21. The number of aromatic nitrogens is 1. The highest BCUT2D eigenvalue weighted by molar-refractivity contribution is 7.14. The van der Waals surface area contributed by atoms with Gasteiger partial charge in [-0.15, -0.1) is 11.3 Å². The summed E-state index contributed by atoms with van der Waals surface area (Å²) in [5, 5.41) is 8.43. The molecule has 3 rings (SSSR count). The fourth-order valence-electron chi connectivity index (χ4n) is 2.92. The zero-order chi connectivity index (χ0) is 22.9. The summed E-state index contributed by atoms with van der Waals surface area (Å²) >= 11 is 1.34. The van der Waals surface area contributed by atoms with Gasteiger partial charge in [0.05, 0.1) is 19.9 Å². The first-order valence-corrected chi connectivity index (χ1v) is 11.3. The molecule has 3 aromatic rings. The number of thiazole rings is 1. The predicted octanol–water partition coefficient (Wildman–Crippen LogP) is 4.44. The summed E-state index contributed by atoms with van der Waals surface area (Å²) in [5.74, 6) is 1.07. The Morgan fingerprint density at radius 2 is 2.03 bits per heavy atom. The van der Waals surface area contributed by atoms with Gasteiger partial charge in [0.2, 0.25) is 5.91 Å². The average molecular weight is 457 g/mol. The van der Waals surface area contributed by atoms with Crippen LogP contribution in [0.25, 0.3) is 0 Å². The van der Waals surface area contributed by atoms with E-state index in [1.54, 1.807) is 35.8 Å². The van der Waals surface area contributed by atoms with E-state index >= 15 is 0 Å². The van der Waals surface area contributed by atoms with Crippen LogP contribution in [0.4, 0.5) is 10.8 Å². The first-order valence-electron chi connectivity index (χ1n) is 10.5. The van der Waals surface area contributed by atoms with Gasteiger partial charge in [-0.05, 0) is 49.7 Å². The van der Waals surface area contributed by atoms with E-state index in [9.17, 15) is 9.59 Å². The van der Waals surface area contributed by atoms with Crippen LogP contribution in [0.1, 0.15) is 42.9 Å². The molecule has 0 aliphatic rings. The Kier molecular flexibility index (Phi) is 8.27. The van der Waals surface area contributed by atoms with Crippen molar-refractivity contribution >= 4 is 34.0 Å². The molecule has 2 amide bonds. The molecule has 8 nitrogen and oxygen atoms in total. The minimum Gasteiger partial charge on any atom is -0.497 e. The minimum atomic E-state index is -0.253. The van der Waals surface area contributed by atoms with Crippen LogP contribution in [0.5, 0.6) is 5.75 Å². The van der Waals surface area contributed by atoms with E-state index in [2.05, 4.69) is 15.6 Å². The number of carbonyl (C=O) groups excluding carboxylic acids is 2. The molecule has 1 aromatic carbocycles. The highest BCUT2D eigenvalue weighted by Crippen LogP contribution is 2.24. The normalized spacial score (nSPS) is 11.6. The molecule has 0 aliphatic carbocycles. The van der Waals surface area contributed by atoms with E-state index in [1.807, 2.05) is 38.1 Å². The second kappa shape index (κ2) is 11.3. The second-order valence-corrected chi connectivity index (χ2v) is 8.18. The molecule has 32 heavy (non-hydrogen) atoms. The third-order valence-electron chi connectivity index (χ3n) is 4.91. The van der Waals surface area contributed by atoms with Gasteiger partial charge in [-0.1, -0.05) is 6.92 Å². The summed E-state index contributed by atoms with van der Waals surface area (Å²) in [4.78, 5) is 31.4. The van der Waals surface area contributed by atoms with Gasteiger partial charge in [-0.25, -0.2) is 4.98 Å². The van der Waals surface area contributed by atoms with Gasteiger partial charge in [-0.3, -0.25) is 9.59 Å². The van der Waals surface area contributed by atoms with Crippen LogP contribution >= 0.6 is 11.3 Å². The molecule has 0 aliphatic heterocycles. The zero-order valence-corrected chi connectivity index (χ0v) is 19.3. The molecule has 0 bridgehead atoms. The van der Waals surface area contributed by atoms with Gasteiger partial charge < -0.3 is 24.7 Å². The first-order chi connectivity index (χ1) is 15.5. The van der Waals surface area contributed by atoms with Crippen LogP contribution in [0.2, 0.25) is 0 Å². The SMILES string of the molecule is CCC(C)NC(=O)CCN(Cc1ccco1)C(=O)c1csc(Nc2ccc(OC)cc2)n1. The number of nitrogens with zero attached hydrogens (tertiary/aromatic N) is 2.